The van der Waals surface area contributed by atoms with Gasteiger partial charge in [-0.1, -0.05) is 0 Å². The molecule has 0 spiro atoms. The number of hydrogen-bond acceptors (Lipinski definition) is 9. The van der Waals surface area contributed by atoms with Gasteiger partial charge in [0.1, 0.15) is 23.5 Å². The SMILES string of the molecule is COc1ccc(C(=N)/C(=C\O)OC(Nc2cc(CO)cc(OC)c2)C(=N)CC(C)O)cc1. The predicted octanol–water partition coefficient (Wildman–Crippen LogP) is 3.21. The monoisotopic (exact) mass is 443 g/mol. The van der Waals surface area contributed by atoms with Crippen LogP contribution in [0.5, 0.6) is 11.5 Å². The third kappa shape index (κ3) is 6.73. The Bertz CT molecular complexity index is 934. The zero-order chi connectivity index (χ0) is 23.7. The Morgan fingerprint density at radius 3 is 2.25 bits per heavy atom. The highest BCUT2D eigenvalue weighted by Crippen LogP contribution is 2.23. The largest absolute Gasteiger partial charge is 0.512 e. The first kappa shape index (κ1) is 24.7. The van der Waals surface area contributed by atoms with Crippen LogP contribution in [0.4, 0.5) is 5.69 Å². The molecule has 0 aliphatic heterocycles. The van der Waals surface area contributed by atoms with Gasteiger partial charge in [0.05, 0.1) is 32.6 Å². The molecule has 0 radical (unpaired) electrons. The van der Waals surface area contributed by atoms with Crippen LogP contribution in [0.3, 0.4) is 0 Å². The molecule has 0 saturated heterocycles. The van der Waals surface area contributed by atoms with Crippen molar-refractivity contribution >= 4 is 17.1 Å². The summed E-state index contributed by atoms with van der Waals surface area (Å²) in [4.78, 5) is 0. The van der Waals surface area contributed by atoms with E-state index in [1.165, 1.54) is 14.2 Å². The average Bonchev–Trinajstić information content (AvgIpc) is 2.80. The van der Waals surface area contributed by atoms with Gasteiger partial charge in [-0.15, -0.1) is 0 Å². The number of aliphatic hydroxyl groups is 3. The summed E-state index contributed by atoms with van der Waals surface area (Å²) < 4.78 is 16.1. The van der Waals surface area contributed by atoms with Crippen LogP contribution in [-0.2, 0) is 11.3 Å². The first-order chi connectivity index (χ1) is 15.3. The number of benzene rings is 2. The minimum Gasteiger partial charge on any atom is -0.512 e. The molecule has 0 heterocycles. The Balaban J connectivity index is 2.31. The number of methoxy groups -OCH3 is 2. The fourth-order valence-electron chi connectivity index (χ4n) is 2.90. The van der Waals surface area contributed by atoms with E-state index in [-0.39, 0.29) is 30.2 Å². The third-order valence-corrected chi connectivity index (χ3v) is 4.50. The molecule has 2 unspecified atom stereocenters. The third-order valence-electron chi connectivity index (χ3n) is 4.50. The molecule has 6 N–H and O–H groups in total. The van der Waals surface area contributed by atoms with E-state index in [0.29, 0.717) is 34.6 Å². The second kappa shape index (κ2) is 11.7. The highest BCUT2D eigenvalue weighted by molar-refractivity contribution is 6.09. The Hall–Kier alpha value is -3.56. The van der Waals surface area contributed by atoms with Crippen LogP contribution >= 0.6 is 0 Å². The summed E-state index contributed by atoms with van der Waals surface area (Å²) >= 11 is 0. The summed E-state index contributed by atoms with van der Waals surface area (Å²) in [6, 6.07) is 11.6. The van der Waals surface area contributed by atoms with Crippen LogP contribution in [0, 0.1) is 10.8 Å². The molecule has 0 aliphatic carbocycles. The van der Waals surface area contributed by atoms with Crippen molar-refractivity contribution in [2.45, 2.75) is 32.3 Å². The van der Waals surface area contributed by atoms with Gasteiger partial charge in [0.2, 0.25) is 6.23 Å². The van der Waals surface area contributed by atoms with Crippen molar-refractivity contribution in [3.63, 3.8) is 0 Å². The number of nitrogens with one attached hydrogen (secondary N) is 3. The number of anilines is 1. The number of rotatable bonds is 12. The van der Waals surface area contributed by atoms with E-state index in [0.717, 1.165) is 0 Å². The van der Waals surface area contributed by atoms with Crippen LogP contribution in [0.2, 0.25) is 0 Å². The zero-order valence-electron chi connectivity index (χ0n) is 18.3. The van der Waals surface area contributed by atoms with Crippen molar-refractivity contribution in [2.24, 2.45) is 0 Å². The predicted molar refractivity (Wildman–Crippen MR) is 122 cm³/mol. The van der Waals surface area contributed by atoms with Crippen molar-refractivity contribution < 1.29 is 29.5 Å². The van der Waals surface area contributed by atoms with Crippen LogP contribution in [0.1, 0.15) is 24.5 Å². The van der Waals surface area contributed by atoms with E-state index >= 15 is 0 Å². The molecule has 0 aliphatic rings. The molecular weight excluding hydrogens is 414 g/mol. The van der Waals surface area contributed by atoms with Crippen molar-refractivity contribution in [1.29, 1.82) is 10.8 Å². The molecule has 2 aromatic carbocycles. The van der Waals surface area contributed by atoms with Crippen molar-refractivity contribution in [1.82, 2.24) is 0 Å². The van der Waals surface area contributed by atoms with Crippen molar-refractivity contribution in [3.05, 3.63) is 65.6 Å². The maximum absolute atomic E-state index is 9.75. The number of aliphatic hydroxyl groups excluding tert-OH is 3. The Labute approximate surface area is 186 Å². The Morgan fingerprint density at radius 2 is 1.72 bits per heavy atom. The summed E-state index contributed by atoms with van der Waals surface area (Å²) in [6.07, 6.45) is -1.25. The van der Waals surface area contributed by atoms with Gasteiger partial charge < -0.3 is 40.3 Å². The molecule has 9 heteroatoms. The lowest BCUT2D eigenvalue weighted by Crippen LogP contribution is -2.34. The molecule has 0 saturated carbocycles. The Morgan fingerprint density at radius 1 is 1.06 bits per heavy atom. The summed E-state index contributed by atoms with van der Waals surface area (Å²) in [6.45, 7) is 1.33. The van der Waals surface area contributed by atoms with Gasteiger partial charge in [-0.2, -0.15) is 0 Å². The van der Waals surface area contributed by atoms with Crippen LogP contribution in [-0.4, -0.2) is 53.3 Å². The van der Waals surface area contributed by atoms with Crippen LogP contribution in [0.15, 0.2) is 54.5 Å². The molecule has 0 aromatic heterocycles. The number of hydrogen-bond donors (Lipinski definition) is 6. The first-order valence-corrected chi connectivity index (χ1v) is 9.86. The summed E-state index contributed by atoms with van der Waals surface area (Å²) in [5, 5.41) is 48.8. The molecule has 0 fully saturated rings. The van der Waals surface area contributed by atoms with Gasteiger partial charge in [-0.25, -0.2) is 0 Å². The van der Waals surface area contributed by atoms with E-state index in [2.05, 4.69) is 5.32 Å². The fraction of sp³-hybridized carbons (Fsp3) is 0.304. The average molecular weight is 444 g/mol. The van der Waals surface area contributed by atoms with Crippen molar-refractivity contribution in [2.75, 3.05) is 19.5 Å². The van der Waals surface area contributed by atoms with Crippen LogP contribution < -0.4 is 14.8 Å². The van der Waals surface area contributed by atoms with E-state index in [1.807, 2.05) is 0 Å². The van der Waals surface area contributed by atoms with Gasteiger partial charge in [0.25, 0.3) is 0 Å². The molecule has 2 rings (SSSR count). The maximum atomic E-state index is 9.75. The summed E-state index contributed by atoms with van der Waals surface area (Å²) in [7, 11) is 3.03. The molecule has 0 bridgehead atoms. The molecular formula is C23H29N3O6. The molecule has 32 heavy (non-hydrogen) atoms. The second-order valence-electron chi connectivity index (χ2n) is 7.05. The quantitative estimate of drug-likeness (QED) is 0.168. The topological polar surface area (TPSA) is 148 Å². The molecule has 2 aromatic rings. The highest BCUT2D eigenvalue weighted by atomic mass is 16.5. The number of ether oxygens (including phenoxy) is 3. The lowest BCUT2D eigenvalue weighted by molar-refractivity contribution is 0.177. The van der Waals surface area contributed by atoms with Gasteiger partial charge in [-0.05, 0) is 48.9 Å². The second-order valence-corrected chi connectivity index (χ2v) is 7.05. The number of allylic oxidation sites excluding steroid dienone is 1. The van der Waals surface area contributed by atoms with E-state index in [4.69, 9.17) is 25.0 Å². The van der Waals surface area contributed by atoms with E-state index < -0.39 is 12.3 Å². The molecule has 0 amide bonds. The molecule has 172 valence electrons. The first-order valence-electron chi connectivity index (χ1n) is 9.86. The van der Waals surface area contributed by atoms with Gasteiger partial charge >= 0.3 is 0 Å². The summed E-state index contributed by atoms with van der Waals surface area (Å²) in [5.41, 5.74) is 1.43. The van der Waals surface area contributed by atoms with Gasteiger partial charge in [-0.3, -0.25) is 5.41 Å². The van der Waals surface area contributed by atoms with E-state index in [9.17, 15) is 15.3 Å². The minimum absolute atomic E-state index is 0.00305. The van der Waals surface area contributed by atoms with Gasteiger partial charge in [0.15, 0.2) is 5.76 Å². The van der Waals surface area contributed by atoms with Gasteiger partial charge in [0, 0.05) is 23.7 Å². The maximum Gasteiger partial charge on any atom is 0.209 e. The summed E-state index contributed by atoms with van der Waals surface area (Å²) in [5.74, 6) is 0.935. The van der Waals surface area contributed by atoms with Crippen molar-refractivity contribution in [3.8, 4) is 11.5 Å². The molecule has 2 atom stereocenters. The lowest BCUT2D eigenvalue weighted by Gasteiger charge is -2.25. The minimum atomic E-state index is -1.11. The Kier molecular flexibility index (Phi) is 9.06. The highest BCUT2D eigenvalue weighted by Gasteiger charge is 2.22. The lowest BCUT2D eigenvalue weighted by atomic mass is 10.1. The molecule has 9 nitrogen and oxygen atoms in total. The smallest absolute Gasteiger partial charge is 0.209 e. The fourth-order valence-corrected chi connectivity index (χ4v) is 2.90. The van der Waals surface area contributed by atoms with Crippen LogP contribution in [0.25, 0.3) is 0 Å². The normalized spacial score (nSPS) is 13.1. The zero-order valence-corrected chi connectivity index (χ0v) is 18.3. The standard InChI is InChI=1S/C23H29N3O6/c1-14(29)8-20(24)23(26-17-9-15(12-27)10-19(11-17)31-3)32-21(13-28)22(25)16-4-6-18(30-2)7-5-16/h4-7,9-11,13-14,23-29H,8,12H2,1-3H3/b21-13+,24-20?,25-22?. The van der Waals surface area contributed by atoms with E-state index in [1.54, 1.807) is 49.4 Å².